The van der Waals surface area contributed by atoms with Gasteiger partial charge in [0.1, 0.15) is 11.4 Å². The van der Waals surface area contributed by atoms with Crippen LogP contribution in [0.2, 0.25) is 0 Å². The molecule has 0 fully saturated rings. The number of pyridine rings is 1. The Kier molecular flexibility index (Phi) is 4.18. The SMILES string of the molecule is CCOC(=O)c1nc([N+](=O)[O-])cc(F)c1C(F)F. The first-order valence-corrected chi connectivity index (χ1v) is 4.68. The number of ether oxygens (including phenoxy) is 1. The Bertz CT molecular complexity index is 493. The summed E-state index contributed by atoms with van der Waals surface area (Å²) in [5, 5.41) is 10.4. The van der Waals surface area contributed by atoms with E-state index in [1.54, 1.807) is 0 Å². The first-order valence-electron chi connectivity index (χ1n) is 4.68. The third-order valence-corrected chi connectivity index (χ3v) is 1.87. The largest absolute Gasteiger partial charge is 0.460 e. The number of carbonyl (C=O) groups is 1. The molecule has 0 aromatic carbocycles. The van der Waals surface area contributed by atoms with E-state index in [9.17, 15) is 28.1 Å². The summed E-state index contributed by atoms with van der Waals surface area (Å²) in [6.07, 6.45) is -3.34. The van der Waals surface area contributed by atoms with E-state index < -0.39 is 40.2 Å². The second kappa shape index (κ2) is 5.43. The van der Waals surface area contributed by atoms with Crippen molar-refractivity contribution >= 4 is 11.8 Å². The van der Waals surface area contributed by atoms with E-state index in [0.717, 1.165) is 0 Å². The van der Waals surface area contributed by atoms with Crippen LogP contribution in [0.4, 0.5) is 19.0 Å². The van der Waals surface area contributed by atoms with Crippen molar-refractivity contribution in [1.82, 2.24) is 4.98 Å². The summed E-state index contributed by atoms with van der Waals surface area (Å²) in [5.74, 6) is -3.95. The van der Waals surface area contributed by atoms with Gasteiger partial charge in [0.15, 0.2) is 0 Å². The number of nitro groups is 1. The fourth-order valence-corrected chi connectivity index (χ4v) is 1.17. The van der Waals surface area contributed by atoms with Crippen LogP contribution < -0.4 is 0 Å². The summed E-state index contributed by atoms with van der Waals surface area (Å²) in [7, 11) is 0. The molecule has 0 aliphatic heterocycles. The highest BCUT2D eigenvalue weighted by molar-refractivity contribution is 5.89. The average Bonchev–Trinajstić information content (AvgIpc) is 2.27. The Morgan fingerprint density at radius 1 is 1.61 bits per heavy atom. The molecular weight excluding hydrogens is 257 g/mol. The molecule has 1 aromatic heterocycles. The quantitative estimate of drug-likeness (QED) is 0.473. The molecule has 1 heterocycles. The molecule has 0 atom stereocenters. The lowest BCUT2D eigenvalue weighted by Gasteiger charge is -2.05. The Morgan fingerprint density at radius 3 is 2.67 bits per heavy atom. The van der Waals surface area contributed by atoms with Crippen LogP contribution in [0.1, 0.15) is 29.4 Å². The Labute approximate surface area is 98.5 Å². The second-order valence-corrected chi connectivity index (χ2v) is 3.00. The third kappa shape index (κ3) is 2.73. The average molecular weight is 264 g/mol. The number of alkyl halides is 2. The molecule has 0 amide bonds. The highest BCUT2D eigenvalue weighted by Gasteiger charge is 2.32. The molecule has 1 aromatic rings. The minimum Gasteiger partial charge on any atom is -0.460 e. The van der Waals surface area contributed by atoms with Crippen LogP contribution in [-0.2, 0) is 4.74 Å². The number of aromatic nitrogens is 1. The molecule has 0 saturated carbocycles. The molecule has 0 radical (unpaired) electrons. The summed E-state index contributed by atoms with van der Waals surface area (Å²) in [6, 6.07) is 0.226. The number of carbonyl (C=O) groups excluding carboxylic acids is 1. The smallest absolute Gasteiger partial charge is 0.383 e. The summed E-state index contributed by atoms with van der Waals surface area (Å²) < 4.78 is 42.8. The Morgan fingerprint density at radius 2 is 2.22 bits per heavy atom. The van der Waals surface area contributed by atoms with Crippen LogP contribution in [0.3, 0.4) is 0 Å². The van der Waals surface area contributed by atoms with Crippen molar-refractivity contribution in [2.24, 2.45) is 0 Å². The first-order chi connectivity index (χ1) is 8.38. The predicted octanol–water partition coefficient (Wildman–Crippen LogP) is 2.24. The maximum atomic E-state index is 13.3. The molecule has 18 heavy (non-hydrogen) atoms. The lowest BCUT2D eigenvalue weighted by atomic mass is 10.2. The van der Waals surface area contributed by atoms with Crippen LogP contribution in [-0.4, -0.2) is 22.5 Å². The van der Waals surface area contributed by atoms with Crippen LogP contribution in [0.25, 0.3) is 0 Å². The topological polar surface area (TPSA) is 82.3 Å². The van der Waals surface area contributed by atoms with E-state index in [1.807, 2.05) is 0 Å². The van der Waals surface area contributed by atoms with Gasteiger partial charge in [0.2, 0.25) is 0 Å². The Hall–Kier alpha value is -2.19. The van der Waals surface area contributed by atoms with Crippen molar-refractivity contribution in [3.05, 3.63) is 33.3 Å². The van der Waals surface area contributed by atoms with Crippen molar-refractivity contribution in [2.45, 2.75) is 13.3 Å². The fraction of sp³-hybridized carbons (Fsp3) is 0.333. The maximum Gasteiger partial charge on any atom is 0.383 e. The molecule has 0 unspecified atom stereocenters. The molecule has 0 spiro atoms. The highest BCUT2D eigenvalue weighted by atomic mass is 19.3. The third-order valence-electron chi connectivity index (χ3n) is 1.87. The van der Waals surface area contributed by atoms with Crippen molar-refractivity contribution in [3.8, 4) is 0 Å². The van der Waals surface area contributed by atoms with E-state index in [4.69, 9.17) is 0 Å². The number of halogens is 3. The Balaban J connectivity index is 3.42. The van der Waals surface area contributed by atoms with E-state index >= 15 is 0 Å². The second-order valence-electron chi connectivity index (χ2n) is 3.00. The lowest BCUT2D eigenvalue weighted by Crippen LogP contribution is -2.14. The maximum absolute atomic E-state index is 13.3. The number of hydrogen-bond donors (Lipinski definition) is 0. The monoisotopic (exact) mass is 264 g/mol. The minimum atomic E-state index is -3.34. The van der Waals surface area contributed by atoms with Gasteiger partial charge < -0.3 is 14.9 Å². The predicted molar refractivity (Wildman–Crippen MR) is 51.8 cm³/mol. The van der Waals surface area contributed by atoms with Gasteiger partial charge in [0.25, 0.3) is 12.1 Å². The minimum absolute atomic E-state index is 0.159. The van der Waals surface area contributed by atoms with Crippen molar-refractivity contribution in [2.75, 3.05) is 6.61 Å². The highest BCUT2D eigenvalue weighted by Crippen LogP contribution is 2.27. The number of rotatable bonds is 4. The van der Waals surface area contributed by atoms with E-state index in [1.165, 1.54) is 6.92 Å². The zero-order valence-electron chi connectivity index (χ0n) is 9.02. The van der Waals surface area contributed by atoms with Crippen LogP contribution in [0.5, 0.6) is 0 Å². The van der Waals surface area contributed by atoms with Crippen LogP contribution >= 0.6 is 0 Å². The zero-order valence-corrected chi connectivity index (χ0v) is 9.02. The summed E-state index contributed by atoms with van der Waals surface area (Å²) in [6.45, 7) is 1.24. The first kappa shape index (κ1) is 13.9. The molecule has 0 N–H and O–H groups in total. The summed E-state index contributed by atoms with van der Waals surface area (Å²) in [5.41, 5.74) is -2.39. The van der Waals surface area contributed by atoms with Gasteiger partial charge >= 0.3 is 11.8 Å². The number of esters is 1. The lowest BCUT2D eigenvalue weighted by molar-refractivity contribution is -0.389. The molecule has 0 aliphatic carbocycles. The van der Waals surface area contributed by atoms with Gasteiger partial charge in [-0.15, -0.1) is 0 Å². The number of nitrogens with zero attached hydrogens (tertiary/aromatic N) is 2. The molecular formula is C9H7F3N2O4. The standard InChI is InChI=1S/C9H7F3N2O4/c1-2-18-9(15)7-6(8(11)12)4(10)3-5(13-7)14(16)17/h3,8H,2H2,1H3. The zero-order chi connectivity index (χ0) is 13.9. The summed E-state index contributed by atoms with van der Waals surface area (Å²) in [4.78, 5) is 23.7. The molecule has 9 heteroatoms. The molecule has 6 nitrogen and oxygen atoms in total. The van der Waals surface area contributed by atoms with Gasteiger partial charge in [0, 0.05) is 0 Å². The van der Waals surface area contributed by atoms with Crippen molar-refractivity contribution in [1.29, 1.82) is 0 Å². The normalized spacial score (nSPS) is 10.5. The van der Waals surface area contributed by atoms with E-state index in [2.05, 4.69) is 9.72 Å². The molecule has 98 valence electrons. The molecule has 0 saturated heterocycles. The molecule has 0 bridgehead atoms. The van der Waals surface area contributed by atoms with Crippen molar-refractivity contribution in [3.63, 3.8) is 0 Å². The van der Waals surface area contributed by atoms with Gasteiger partial charge in [-0.2, -0.15) is 0 Å². The van der Waals surface area contributed by atoms with Gasteiger partial charge in [-0.1, -0.05) is 0 Å². The number of hydrogen-bond acceptors (Lipinski definition) is 5. The van der Waals surface area contributed by atoms with Gasteiger partial charge in [-0.05, 0) is 16.8 Å². The van der Waals surface area contributed by atoms with Crippen LogP contribution in [0.15, 0.2) is 6.07 Å². The molecule has 0 aliphatic rings. The summed E-state index contributed by atoms with van der Waals surface area (Å²) >= 11 is 0. The van der Waals surface area contributed by atoms with Gasteiger partial charge in [-0.3, -0.25) is 0 Å². The van der Waals surface area contributed by atoms with Gasteiger partial charge in [-0.25, -0.2) is 18.0 Å². The van der Waals surface area contributed by atoms with E-state index in [0.29, 0.717) is 0 Å². The fourth-order valence-electron chi connectivity index (χ4n) is 1.17. The van der Waals surface area contributed by atoms with Crippen molar-refractivity contribution < 1.29 is 27.6 Å². The van der Waals surface area contributed by atoms with E-state index in [-0.39, 0.29) is 12.7 Å². The van der Waals surface area contributed by atoms with Gasteiger partial charge in [0.05, 0.1) is 12.7 Å². The molecule has 1 rings (SSSR count). The van der Waals surface area contributed by atoms with Crippen LogP contribution in [0, 0.1) is 15.9 Å².